The van der Waals surface area contributed by atoms with E-state index in [1.54, 1.807) is 0 Å². The van der Waals surface area contributed by atoms with Crippen LogP contribution in [0.5, 0.6) is 0 Å². The Morgan fingerprint density at radius 1 is 1.53 bits per heavy atom. The van der Waals surface area contributed by atoms with Crippen LogP contribution in [0.25, 0.3) is 0 Å². The molecule has 0 radical (unpaired) electrons. The highest BCUT2D eigenvalue weighted by Crippen LogP contribution is 2.23. The van der Waals surface area contributed by atoms with Gasteiger partial charge in [0, 0.05) is 19.1 Å². The summed E-state index contributed by atoms with van der Waals surface area (Å²) in [4.78, 5) is 12.7. The fraction of sp³-hybridized carbons (Fsp3) is 0.909. The first-order valence-electron chi connectivity index (χ1n) is 5.64. The zero-order chi connectivity index (χ0) is 11.4. The Hall–Kier alpha value is -0.610. The summed E-state index contributed by atoms with van der Waals surface area (Å²) in [6, 6.07) is 0.436. The molecule has 4 nitrogen and oxygen atoms in total. The maximum Gasteiger partial charge on any atom is 0.317 e. The van der Waals surface area contributed by atoms with Gasteiger partial charge in [-0.25, -0.2) is 0 Å². The van der Waals surface area contributed by atoms with Gasteiger partial charge in [0.15, 0.2) is 0 Å². The number of hydrogen-bond acceptors (Lipinski definition) is 3. The molecule has 0 spiro atoms. The second-order valence-electron chi connectivity index (χ2n) is 4.81. The van der Waals surface area contributed by atoms with Crippen molar-refractivity contribution in [2.75, 3.05) is 26.7 Å². The van der Waals surface area contributed by atoms with E-state index in [0.29, 0.717) is 17.9 Å². The molecule has 0 aromatic heterocycles. The maximum absolute atomic E-state index is 10.7. The van der Waals surface area contributed by atoms with Crippen molar-refractivity contribution in [2.45, 2.75) is 26.3 Å². The topological polar surface area (TPSA) is 52.6 Å². The van der Waals surface area contributed by atoms with E-state index in [-0.39, 0.29) is 6.54 Å². The normalized spacial score (nSPS) is 28.3. The Morgan fingerprint density at radius 2 is 2.20 bits per heavy atom. The van der Waals surface area contributed by atoms with Crippen LogP contribution in [0.3, 0.4) is 0 Å². The molecule has 0 bridgehead atoms. The first-order chi connectivity index (χ1) is 7.02. The molecule has 1 aliphatic rings. The van der Waals surface area contributed by atoms with Gasteiger partial charge in [0.2, 0.25) is 0 Å². The fourth-order valence-corrected chi connectivity index (χ4v) is 2.24. The number of piperidine rings is 1. The molecule has 15 heavy (non-hydrogen) atoms. The third kappa shape index (κ3) is 3.80. The van der Waals surface area contributed by atoms with Gasteiger partial charge in [0.05, 0.1) is 6.54 Å². The summed E-state index contributed by atoms with van der Waals surface area (Å²) in [6.45, 7) is 6.36. The predicted octanol–water partition coefficient (Wildman–Crippen LogP) is 0.637. The number of rotatable bonds is 4. The van der Waals surface area contributed by atoms with Gasteiger partial charge in [-0.2, -0.15) is 0 Å². The summed E-state index contributed by atoms with van der Waals surface area (Å²) in [6.07, 6.45) is 1.16. The molecular formula is C11H22N2O2. The summed E-state index contributed by atoms with van der Waals surface area (Å²) in [7, 11) is 1.95. The third-order valence-corrected chi connectivity index (χ3v) is 3.27. The molecule has 0 aromatic carbocycles. The highest BCUT2D eigenvalue weighted by molar-refractivity contribution is 5.69. The zero-order valence-electron chi connectivity index (χ0n) is 9.86. The van der Waals surface area contributed by atoms with Gasteiger partial charge < -0.3 is 10.4 Å². The smallest absolute Gasteiger partial charge is 0.317 e. The number of likely N-dealkylation sites (tertiary alicyclic amines) is 1. The maximum atomic E-state index is 10.7. The highest BCUT2D eigenvalue weighted by Gasteiger charge is 2.28. The standard InChI is InChI=1S/C11H22N2O2/c1-8(2)9-4-10(12-3)6-13(5-9)7-11(14)15/h8-10,12H,4-7H2,1-3H3,(H,14,15). The first-order valence-corrected chi connectivity index (χ1v) is 5.64. The number of carboxylic acid groups (broad SMARTS) is 1. The molecule has 4 heteroatoms. The first kappa shape index (κ1) is 12.5. The Balaban J connectivity index is 2.54. The molecule has 0 saturated carbocycles. The van der Waals surface area contributed by atoms with E-state index in [1.165, 1.54) is 0 Å². The SMILES string of the molecule is CNC1CC(C(C)C)CN(CC(=O)O)C1. The lowest BCUT2D eigenvalue weighted by molar-refractivity contribution is -0.139. The Kier molecular flexibility index (Phi) is 4.54. The van der Waals surface area contributed by atoms with Crippen molar-refractivity contribution in [2.24, 2.45) is 11.8 Å². The van der Waals surface area contributed by atoms with E-state index in [0.717, 1.165) is 19.5 Å². The Bertz CT molecular complexity index is 219. The van der Waals surface area contributed by atoms with E-state index < -0.39 is 5.97 Å². The van der Waals surface area contributed by atoms with Gasteiger partial charge in [-0.05, 0) is 25.3 Å². The summed E-state index contributed by atoms with van der Waals surface area (Å²) in [5, 5.41) is 12.0. The molecule has 1 aliphatic heterocycles. The van der Waals surface area contributed by atoms with Gasteiger partial charge >= 0.3 is 5.97 Å². The van der Waals surface area contributed by atoms with Gasteiger partial charge in [-0.1, -0.05) is 13.8 Å². The highest BCUT2D eigenvalue weighted by atomic mass is 16.4. The molecule has 2 N–H and O–H groups in total. The molecular weight excluding hydrogens is 192 g/mol. The van der Waals surface area contributed by atoms with E-state index >= 15 is 0 Å². The largest absolute Gasteiger partial charge is 0.480 e. The monoisotopic (exact) mass is 214 g/mol. The fourth-order valence-electron chi connectivity index (χ4n) is 2.24. The van der Waals surface area contributed by atoms with Crippen molar-refractivity contribution in [1.82, 2.24) is 10.2 Å². The number of likely N-dealkylation sites (N-methyl/N-ethyl adjacent to an activating group) is 1. The van der Waals surface area contributed by atoms with Crippen molar-refractivity contribution >= 4 is 5.97 Å². The van der Waals surface area contributed by atoms with E-state index in [4.69, 9.17) is 5.11 Å². The number of nitrogens with zero attached hydrogens (tertiary/aromatic N) is 1. The minimum absolute atomic E-state index is 0.168. The van der Waals surface area contributed by atoms with Crippen molar-refractivity contribution in [3.63, 3.8) is 0 Å². The number of carbonyl (C=O) groups is 1. The van der Waals surface area contributed by atoms with Crippen LogP contribution in [0, 0.1) is 11.8 Å². The molecule has 2 atom stereocenters. The van der Waals surface area contributed by atoms with Crippen LogP contribution in [0.4, 0.5) is 0 Å². The van der Waals surface area contributed by atoms with Crippen molar-refractivity contribution in [1.29, 1.82) is 0 Å². The lowest BCUT2D eigenvalue weighted by Crippen LogP contribution is -2.50. The van der Waals surface area contributed by atoms with Crippen LogP contribution in [0.1, 0.15) is 20.3 Å². The summed E-state index contributed by atoms with van der Waals surface area (Å²) in [5.41, 5.74) is 0. The molecule has 88 valence electrons. The van der Waals surface area contributed by atoms with Crippen LogP contribution in [0.2, 0.25) is 0 Å². The number of nitrogens with one attached hydrogen (secondary N) is 1. The Labute approximate surface area is 91.6 Å². The van der Waals surface area contributed by atoms with Crippen molar-refractivity contribution < 1.29 is 9.90 Å². The number of carboxylic acids is 1. The van der Waals surface area contributed by atoms with Crippen LogP contribution in [-0.2, 0) is 4.79 Å². The summed E-state index contributed by atoms with van der Waals surface area (Å²) >= 11 is 0. The zero-order valence-corrected chi connectivity index (χ0v) is 9.86. The van der Waals surface area contributed by atoms with Gasteiger partial charge in [0.25, 0.3) is 0 Å². The van der Waals surface area contributed by atoms with Crippen molar-refractivity contribution in [3.05, 3.63) is 0 Å². The average Bonchev–Trinajstić information content (AvgIpc) is 2.16. The van der Waals surface area contributed by atoms with Crippen LogP contribution < -0.4 is 5.32 Å². The van der Waals surface area contributed by atoms with Gasteiger partial charge in [-0.15, -0.1) is 0 Å². The van der Waals surface area contributed by atoms with Gasteiger partial charge in [0.1, 0.15) is 0 Å². The Morgan fingerprint density at radius 3 is 2.67 bits per heavy atom. The lowest BCUT2D eigenvalue weighted by Gasteiger charge is -2.38. The molecule has 1 saturated heterocycles. The molecule has 0 amide bonds. The van der Waals surface area contributed by atoms with E-state index in [9.17, 15) is 4.79 Å². The minimum Gasteiger partial charge on any atom is -0.480 e. The van der Waals surface area contributed by atoms with E-state index in [1.807, 2.05) is 11.9 Å². The average molecular weight is 214 g/mol. The third-order valence-electron chi connectivity index (χ3n) is 3.27. The lowest BCUT2D eigenvalue weighted by atomic mass is 9.85. The van der Waals surface area contributed by atoms with Crippen LogP contribution in [-0.4, -0.2) is 48.7 Å². The van der Waals surface area contributed by atoms with Gasteiger partial charge in [-0.3, -0.25) is 9.69 Å². The molecule has 1 fully saturated rings. The molecule has 1 heterocycles. The molecule has 2 unspecified atom stereocenters. The number of hydrogen-bond donors (Lipinski definition) is 2. The van der Waals surface area contributed by atoms with Crippen LogP contribution in [0.15, 0.2) is 0 Å². The van der Waals surface area contributed by atoms with E-state index in [2.05, 4.69) is 19.2 Å². The molecule has 0 aliphatic carbocycles. The van der Waals surface area contributed by atoms with Crippen molar-refractivity contribution in [3.8, 4) is 0 Å². The minimum atomic E-state index is -0.728. The predicted molar refractivity (Wildman–Crippen MR) is 59.9 cm³/mol. The molecule has 0 aromatic rings. The second-order valence-corrected chi connectivity index (χ2v) is 4.81. The second kappa shape index (κ2) is 5.47. The molecule has 1 rings (SSSR count). The quantitative estimate of drug-likeness (QED) is 0.721. The van der Waals surface area contributed by atoms with Crippen LogP contribution >= 0.6 is 0 Å². The summed E-state index contributed by atoms with van der Waals surface area (Å²) < 4.78 is 0. The number of aliphatic carboxylic acids is 1. The summed E-state index contributed by atoms with van der Waals surface area (Å²) in [5.74, 6) is 0.502.